The third kappa shape index (κ3) is 3.02. The first-order valence-corrected chi connectivity index (χ1v) is 8.12. The molecule has 4 aromatic rings. The minimum absolute atomic E-state index is 0.178. The van der Waals surface area contributed by atoms with E-state index in [2.05, 4.69) is 15.3 Å². The van der Waals surface area contributed by atoms with Gasteiger partial charge in [-0.3, -0.25) is 9.97 Å². The minimum atomic E-state index is -0.282. The lowest BCUT2D eigenvalue weighted by Gasteiger charge is -2.21. The molecule has 0 saturated heterocycles. The highest BCUT2D eigenvalue weighted by molar-refractivity contribution is 5.85. The average molecular weight is 327 g/mol. The summed E-state index contributed by atoms with van der Waals surface area (Å²) in [5.74, 6) is 0.178. The number of phenols is 1. The van der Waals surface area contributed by atoms with Gasteiger partial charge in [0.25, 0.3) is 0 Å². The summed E-state index contributed by atoms with van der Waals surface area (Å²) >= 11 is 0. The van der Waals surface area contributed by atoms with Gasteiger partial charge in [0, 0.05) is 29.0 Å². The van der Waals surface area contributed by atoms with Crippen LogP contribution < -0.4 is 5.32 Å². The molecular weight excluding hydrogens is 310 g/mol. The lowest BCUT2D eigenvalue weighted by molar-refractivity contribution is 0.471. The molecule has 0 amide bonds. The quantitative estimate of drug-likeness (QED) is 0.578. The van der Waals surface area contributed by atoms with Crippen molar-refractivity contribution in [1.29, 1.82) is 0 Å². The van der Waals surface area contributed by atoms with Crippen LogP contribution in [-0.4, -0.2) is 15.1 Å². The second kappa shape index (κ2) is 6.61. The monoisotopic (exact) mass is 327 g/mol. The molecule has 25 heavy (non-hydrogen) atoms. The summed E-state index contributed by atoms with van der Waals surface area (Å²) in [6.07, 6.45) is 3.44. The molecule has 0 aliphatic rings. The number of nitrogens with one attached hydrogen (secondary N) is 1. The third-order valence-corrected chi connectivity index (χ3v) is 4.16. The van der Waals surface area contributed by atoms with Gasteiger partial charge >= 0.3 is 0 Å². The van der Waals surface area contributed by atoms with Gasteiger partial charge in [-0.1, -0.05) is 42.5 Å². The van der Waals surface area contributed by atoms with E-state index in [0.29, 0.717) is 5.52 Å². The number of aromatic nitrogens is 2. The van der Waals surface area contributed by atoms with Crippen LogP contribution >= 0.6 is 0 Å². The Kier molecular flexibility index (Phi) is 4.01. The van der Waals surface area contributed by atoms with E-state index in [1.165, 1.54) is 0 Å². The maximum absolute atomic E-state index is 10.8. The zero-order valence-corrected chi connectivity index (χ0v) is 13.5. The average Bonchev–Trinajstić information content (AvgIpc) is 2.69. The van der Waals surface area contributed by atoms with Gasteiger partial charge in [0.1, 0.15) is 11.3 Å². The molecule has 2 N–H and O–H groups in total. The van der Waals surface area contributed by atoms with Crippen LogP contribution in [0.25, 0.3) is 10.9 Å². The van der Waals surface area contributed by atoms with Gasteiger partial charge in [0.15, 0.2) is 0 Å². The van der Waals surface area contributed by atoms with Crippen molar-refractivity contribution in [2.24, 2.45) is 0 Å². The molecule has 0 aliphatic heterocycles. The largest absolute Gasteiger partial charge is 0.505 e. The number of rotatable bonds is 4. The second-order valence-electron chi connectivity index (χ2n) is 5.78. The Morgan fingerprint density at radius 3 is 2.36 bits per heavy atom. The molecule has 1 atom stereocenters. The van der Waals surface area contributed by atoms with Gasteiger partial charge < -0.3 is 10.4 Å². The Hall–Kier alpha value is -3.40. The number of phenolic OH excluding ortho intramolecular Hbond substituents is 1. The fraction of sp³-hybridized carbons (Fsp3) is 0.0476. The molecule has 0 spiro atoms. The van der Waals surface area contributed by atoms with E-state index in [0.717, 1.165) is 22.3 Å². The standard InChI is InChI=1S/C21H17N3O/c25-21-17(12-11-15-7-6-14-23-19(15)21)20(18-10-4-5-13-22-18)24-16-8-2-1-3-9-16/h1-14,20,24-25H/t20-/m1/s1. The first-order chi connectivity index (χ1) is 12.3. The Bertz CT molecular complexity index is 988. The summed E-state index contributed by atoms with van der Waals surface area (Å²) in [6, 6.07) is 23.1. The van der Waals surface area contributed by atoms with Crippen LogP contribution in [0.2, 0.25) is 0 Å². The van der Waals surface area contributed by atoms with E-state index >= 15 is 0 Å². The molecule has 0 aliphatic carbocycles. The molecule has 2 aromatic carbocycles. The van der Waals surface area contributed by atoms with E-state index in [9.17, 15) is 5.11 Å². The summed E-state index contributed by atoms with van der Waals surface area (Å²) in [5, 5.41) is 15.2. The van der Waals surface area contributed by atoms with Crippen molar-refractivity contribution in [2.45, 2.75) is 6.04 Å². The summed E-state index contributed by atoms with van der Waals surface area (Å²) in [4.78, 5) is 8.81. The smallest absolute Gasteiger partial charge is 0.147 e. The van der Waals surface area contributed by atoms with Gasteiger partial charge in [0.05, 0.1) is 11.7 Å². The zero-order valence-electron chi connectivity index (χ0n) is 13.5. The summed E-state index contributed by atoms with van der Waals surface area (Å²) in [5.41, 5.74) is 3.13. The van der Waals surface area contributed by atoms with Gasteiger partial charge in [0.2, 0.25) is 0 Å². The highest BCUT2D eigenvalue weighted by Gasteiger charge is 2.20. The van der Waals surface area contributed by atoms with Crippen molar-refractivity contribution in [3.05, 3.63) is 96.4 Å². The predicted octanol–water partition coefficient (Wildman–Crippen LogP) is 4.54. The van der Waals surface area contributed by atoms with Crippen LogP contribution in [0.1, 0.15) is 17.3 Å². The Morgan fingerprint density at radius 1 is 0.760 bits per heavy atom. The Labute approximate surface area is 145 Å². The summed E-state index contributed by atoms with van der Waals surface area (Å²) < 4.78 is 0. The third-order valence-electron chi connectivity index (χ3n) is 4.16. The predicted molar refractivity (Wildman–Crippen MR) is 99.6 cm³/mol. The van der Waals surface area contributed by atoms with Crippen molar-refractivity contribution < 1.29 is 5.11 Å². The molecule has 0 fully saturated rings. The van der Waals surface area contributed by atoms with Gasteiger partial charge in [-0.05, 0) is 30.3 Å². The first-order valence-electron chi connectivity index (χ1n) is 8.12. The highest BCUT2D eigenvalue weighted by atomic mass is 16.3. The molecule has 4 heteroatoms. The van der Waals surface area contributed by atoms with Gasteiger partial charge in [-0.25, -0.2) is 0 Å². The first kappa shape index (κ1) is 15.1. The number of hydrogen-bond donors (Lipinski definition) is 2. The highest BCUT2D eigenvalue weighted by Crippen LogP contribution is 2.35. The zero-order chi connectivity index (χ0) is 17.1. The lowest BCUT2D eigenvalue weighted by atomic mass is 9.99. The van der Waals surface area contributed by atoms with Crippen LogP contribution in [0.5, 0.6) is 5.75 Å². The maximum Gasteiger partial charge on any atom is 0.147 e. The number of hydrogen-bond acceptors (Lipinski definition) is 4. The topological polar surface area (TPSA) is 58.0 Å². The van der Waals surface area contributed by atoms with Crippen LogP contribution in [0.15, 0.2) is 85.2 Å². The number of nitrogens with zero attached hydrogens (tertiary/aromatic N) is 2. The Morgan fingerprint density at radius 2 is 1.56 bits per heavy atom. The maximum atomic E-state index is 10.8. The van der Waals surface area contributed by atoms with Crippen molar-refractivity contribution in [3.63, 3.8) is 0 Å². The number of anilines is 1. The van der Waals surface area contributed by atoms with Crippen molar-refractivity contribution in [1.82, 2.24) is 9.97 Å². The number of para-hydroxylation sites is 1. The molecule has 0 unspecified atom stereocenters. The molecule has 0 bridgehead atoms. The minimum Gasteiger partial charge on any atom is -0.505 e. The van der Waals surface area contributed by atoms with Crippen LogP contribution in [0, 0.1) is 0 Å². The normalized spacial score (nSPS) is 12.0. The molecule has 2 heterocycles. The SMILES string of the molecule is Oc1c([C@@H](Nc2ccccc2)c2ccccn2)ccc2cccnc12. The fourth-order valence-electron chi connectivity index (χ4n) is 2.94. The molecular formula is C21H17N3O. The van der Waals surface area contributed by atoms with Crippen LogP contribution in [0.3, 0.4) is 0 Å². The van der Waals surface area contributed by atoms with Crippen molar-refractivity contribution in [3.8, 4) is 5.75 Å². The summed E-state index contributed by atoms with van der Waals surface area (Å²) in [6.45, 7) is 0. The Balaban J connectivity index is 1.85. The number of fused-ring (bicyclic) bond motifs is 1. The molecule has 4 rings (SSSR count). The molecule has 0 radical (unpaired) electrons. The van der Waals surface area contributed by atoms with Gasteiger partial charge in [-0.2, -0.15) is 0 Å². The number of benzene rings is 2. The van der Waals surface area contributed by atoms with E-state index in [1.807, 2.05) is 72.8 Å². The van der Waals surface area contributed by atoms with E-state index in [1.54, 1.807) is 12.4 Å². The number of aromatic hydroxyl groups is 1. The van der Waals surface area contributed by atoms with E-state index in [4.69, 9.17) is 0 Å². The molecule has 2 aromatic heterocycles. The number of pyridine rings is 2. The fourth-order valence-corrected chi connectivity index (χ4v) is 2.94. The van der Waals surface area contributed by atoms with Crippen LogP contribution in [0.4, 0.5) is 5.69 Å². The van der Waals surface area contributed by atoms with E-state index < -0.39 is 0 Å². The summed E-state index contributed by atoms with van der Waals surface area (Å²) in [7, 11) is 0. The van der Waals surface area contributed by atoms with Crippen molar-refractivity contribution in [2.75, 3.05) is 5.32 Å². The second-order valence-corrected chi connectivity index (χ2v) is 5.78. The lowest BCUT2D eigenvalue weighted by Crippen LogP contribution is -2.14. The molecule has 122 valence electrons. The van der Waals surface area contributed by atoms with Crippen molar-refractivity contribution >= 4 is 16.6 Å². The van der Waals surface area contributed by atoms with E-state index in [-0.39, 0.29) is 11.8 Å². The van der Waals surface area contributed by atoms with Crippen LogP contribution in [-0.2, 0) is 0 Å². The molecule has 0 saturated carbocycles. The van der Waals surface area contributed by atoms with Gasteiger partial charge in [-0.15, -0.1) is 0 Å². The molecule has 4 nitrogen and oxygen atoms in total.